The smallest absolute Gasteiger partial charge is 0.410 e. The summed E-state index contributed by atoms with van der Waals surface area (Å²) in [6.07, 6.45) is 0.355. The van der Waals surface area contributed by atoms with E-state index in [-0.39, 0.29) is 6.09 Å². The summed E-state index contributed by atoms with van der Waals surface area (Å²) in [4.78, 5) is 16.8. The number of nitrogens with one attached hydrogen (secondary N) is 1. The summed E-state index contributed by atoms with van der Waals surface area (Å²) in [5, 5.41) is 9.01. The number of aromatic nitrogens is 1. The summed E-state index contributed by atoms with van der Waals surface area (Å²) in [6, 6.07) is 3.81. The molecular formula is C14H17N3O2S. The van der Waals surface area contributed by atoms with Gasteiger partial charge in [0.1, 0.15) is 16.3 Å². The van der Waals surface area contributed by atoms with Gasteiger partial charge in [0.15, 0.2) is 0 Å². The second-order valence-electron chi connectivity index (χ2n) is 5.78. The lowest BCUT2D eigenvalue weighted by Gasteiger charge is -2.31. The Hall–Kier alpha value is -1.87. The first-order valence-corrected chi connectivity index (χ1v) is 6.84. The summed E-state index contributed by atoms with van der Waals surface area (Å²) >= 11 is 5.11. The van der Waals surface area contributed by atoms with Crippen molar-refractivity contribution in [3.05, 3.63) is 27.5 Å². The largest absolute Gasteiger partial charge is 0.444 e. The lowest BCUT2D eigenvalue weighted by Crippen LogP contribution is -2.40. The minimum Gasteiger partial charge on any atom is -0.444 e. The molecule has 1 aromatic rings. The van der Waals surface area contributed by atoms with Gasteiger partial charge < -0.3 is 14.6 Å². The summed E-state index contributed by atoms with van der Waals surface area (Å²) < 4.78 is 5.82. The van der Waals surface area contributed by atoms with Gasteiger partial charge in [-0.15, -0.1) is 0 Å². The molecule has 0 aliphatic carbocycles. The minimum absolute atomic E-state index is 0.330. The topological polar surface area (TPSA) is 69.1 Å². The van der Waals surface area contributed by atoms with Gasteiger partial charge in [-0.3, -0.25) is 0 Å². The van der Waals surface area contributed by atoms with Crippen LogP contribution in [0.1, 0.15) is 37.6 Å². The fraction of sp³-hybridized carbons (Fsp3) is 0.500. The SMILES string of the molecule is CC(C)(C)OC(=O)N1CCc2[nH]c(=S)c(C#N)cc2C1. The number of fused-ring (bicyclic) bond motifs is 1. The number of nitriles is 1. The van der Waals surface area contributed by atoms with Crippen LogP contribution in [0.15, 0.2) is 6.07 Å². The Bertz CT molecular complexity index is 637. The lowest BCUT2D eigenvalue weighted by atomic mass is 10.0. The molecule has 0 saturated heterocycles. The molecule has 0 spiro atoms. The first-order valence-electron chi connectivity index (χ1n) is 6.43. The number of H-pyrrole nitrogens is 1. The maximum absolute atomic E-state index is 12.1. The van der Waals surface area contributed by atoms with Crippen LogP contribution in [0, 0.1) is 16.0 Å². The molecule has 1 aliphatic rings. The molecule has 106 valence electrons. The van der Waals surface area contributed by atoms with Crippen LogP contribution in [0.25, 0.3) is 0 Å². The van der Waals surface area contributed by atoms with Gasteiger partial charge in [0.2, 0.25) is 0 Å². The number of aromatic amines is 1. The first-order chi connectivity index (χ1) is 9.30. The average Bonchev–Trinajstić information content (AvgIpc) is 2.35. The number of rotatable bonds is 0. The summed E-state index contributed by atoms with van der Waals surface area (Å²) in [5.41, 5.74) is 1.84. The maximum atomic E-state index is 12.1. The number of amides is 1. The Balaban J connectivity index is 2.21. The van der Waals surface area contributed by atoms with Crippen molar-refractivity contribution in [2.24, 2.45) is 0 Å². The quantitative estimate of drug-likeness (QED) is 0.746. The van der Waals surface area contributed by atoms with Crippen molar-refractivity contribution in [1.29, 1.82) is 5.26 Å². The van der Waals surface area contributed by atoms with Crippen LogP contribution in [0.3, 0.4) is 0 Å². The van der Waals surface area contributed by atoms with Gasteiger partial charge in [-0.2, -0.15) is 5.26 Å². The molecular weight excluding hydrogens is 274 g/mol. The second-order valence-corrected chi connectivity index (χ2v) is 6.19. The summed E-state index contributed by atoms with van der Waals surface area (Å²) in [6.45, 7) is 6.54. The average molecular weight is 291 g/mol. The Kier molecular flexibility index (Phi) is 3.82. The van der Waals surface area contributed by atoms with Crippen LogP contribution in [0.4, 0.5) is 4.79 Å². The fourth-order valence-corrected chi connectivity index (χ4v) is 2.30. The zero-order valence-electron chi connectivity index (χ0n) is 11.8. The normalized spacial score (nSPS) is 14.4. The molecule has 0 aromatic carbocycles. The predicted molar refractivity (Wildman–Crippen MR) is 76.7 cm³/mol. The molecule has 0 bridgehead atoms. The highest BCUT2D eigenvalue weighted by Crippen LogP contribution is 2.21. The predicted octanol–water partition coefficient (Wildman–Crippen LogP) is 2.91. The Morgan fingerprint density at radius 1 is 1.55 bits per heavy atom. The molecule has 1 aliphatic heterocycles. The molecule has 0 unspecified atom stereocenters. The molecule has 0 fully saturated rings. The molecule has 0 radical (unpaired) electrons. The molecule has 1 aromatic heterocycles. The Morgan fingerprint density at radius 3 is 2.85 bits per heavy atom. The number of pyridine rings is 1. The van der Waals surface area contributed by atoms with E-state index >= 15 is 0 Å². The van der Waals surface area contributed by atoms with Gasteiger partial charge in [-0.25, -0.2) is 4.79 Å². The van der Waals surface area contributed by atoms with Gasteiger partial charge in [0, 0.05) is 18.7 Å². The third-order valence-electron chi connectivity index (χ3n) is 2.98. The van der Waals surface area contributed by atoms with Crippen LogP contribution in [0.2, 0.25) is 0 Å². The van der Waals surface area contributed by atoms with E-state index < -0.39 is 5.60 Å². The van der Waals surface area contributed by atoms with Crippen molar-refractivity contribution in [2.75, 3.05) is 6.54 Å². The van der Waals surface area contributed by atoms with Gasteiger partial charge in [0.05, 0.1) is 12.1 Å². The number of ether oxygens (including phenoxy) is 1. The van der Waals surface area contributed by atoms with E-state index in [0.29, 0.717) is 29.7 Å². The third kappa shape index (κ3) is 3.17. The fourth-order valence-electron chi connectivity index (χ4n) is 2.07. The van der Waals surface area contributed by atoms with Crippen molar-refractivity contribution in [3.8, 4) is 6.07 Å². The van der Waals surface area contributed by atoms with Crippen LogP contribution >= 0.6 is 12.2 Å². The highest BCUT2D eigenvalue weighted by atomic mass is 32.1. The molecule has 5 nitrogen and oxygen atoms in total. The first kappa shape index (κ1) is 14.5. The second kappa shape index (κ2) is 5.25. The van der Waals surface area contributed by atoms with Crippen LogP contribution in [-0.4, -0.2) is 28.1 Å². The third-order valence-corrected chi connectivity index (χ3v) is 3.30. The molecule has 0 atom stereocenters. The van der Waals surface area contributed by atoms with Crippen molar-refractivity contribution in [2.45, 2.75) is 39.3 Å². The lowest BCUT2D eigenvalue weighted by molar-refractivity contribution is 0.0222. The Morgan fingerprint density at radius 2 is 2.25 bits per heavy atom. The summed E-state index contributed by atoms with van der Waals surface area (Å²) in [5.74, 6) is 0. The van der Waals surface area contributed by atoms with Crippen molar-refractivity contribution in [3.63, 3.8) is 0 Å². The van der Waals surface area contributed by atoms with E-state index in [1.54, 1.807) is 11.0 Å². The van der Waals surface area contributed by atoms with Gasteiger partial charge in [0.25, 0.3) is 0 Å². The zero-order chi connectivity index (χ0) is 14.9. The van der Waals surface area contributed by atoms with E-state index in [1.807, 2.05) is 20.8 Å². The van der Waals surface area contributed by atoms with E-state index in [0.717, 1.165) is 11.3 Å². The molecule has 0 saturated carbocycles. The monoisotopic (exact) mass is 291 g/mol. The molecule has 1 amide bonds. The zero-order valence-corrected chi connectivity index (χ0v) is 12.6. The molecule has 1 N–H and O–H groups in total. The maximum Gasteiger partial charge on any atom is 0.410 e. The van der Waals surface area contributed by atoms with Gasteiger partial charge in [-0.1, -0.05) is 12.2 Å². The van der Waals surface area contributed by atoms with E-state index in [1.165, 1.54) is 0 Å². The van der Waals surface area contributed by atoms with E-state index in [4.69, 9.17) is 22.2 Å². The van der Waals surface area contributed by atoms with Gasteiger partial charge in [-0.05, 0) is 32.4 Å². The number of hydrogen-bond acceptors (Lipinski definition) is 4. The number of nitrogens with zero attached hydrogens (tertiary/aromatic N) is 2. The van der Waals surface area contributed by atoms with Crippen molar-refractivity contribution < 1.29 is 9.53 Å². The van der Waals surface area contributed by atoms with Crippen molar-refractivity contribution in [1.82, 2.24) is 9.88 Å². The minimum atomic E-state index is -0.508. The van der Waals surface area contributed by atoms with Crippen LogP contribution in [-0.2, 0) is 17.7 Å². The standard InChI is InChI=1S/C14H17N3O2S/c1-14(2,3)19-13(18)17-5-4-11-10(8-17)6-9(7-15)12(20)16-11/h6H,4-5,8H2,1-3H3,(H,16,20). The molecule has 20 heavy (non-hydrogen) atoms. The molecule has 2 heterocycles. The number of carbonyl (C=O) groups excluding carboxylic acids is 1. The molecule has 2 rings (SSSR count). The van der Waals surface area contributed by atoms with E-state index in [2.05, 4.69) is 11.1 Å². The van der Waals surface area contributed by atoms with Crippen LogP contribution < -0.4 is 0 Å². The van der Waals surface area contributed by atoms with Crippen molar-refractivity contribution >= 4 is 18.3 Å². The molecule has 6 heteroatoms. The number of carbonyl (C=O) groups is 1. The highest BCUT2D eigenvalue weighted by Gasteiger charge is 2.26. The van der Waals surface area contributed by atoms with E-state index in [9.17, 15) is 4.79 Å². The summed E-state index contributed by atoms with van der Waals surface area (Å²) in [7, 11) is 0. The van der Waals surface area contributed by atoms with Gasteiger partial charge >= 0.3 is 6.09 Å². The van der Waals surface area contributed by atoms with Crippen LogP contribution in [0.5, 0.6) is 0 Å². The Labute approximate surface area is 123 Å². The number of hydrogen-bond donors (Lipinski definition) is 1. The highest BCUT2D eigenvalue weighted by molar-refractivity contribution is 7.71.